The molecular weight excluding hydrogens is 362 g/mol. The highest BCUT2D eigenvalue weighted by Gasteiger charge is 2.24. The highest BCUT2D eigenvalue weighted by atomic mass is 35.5. The third kappa shape index (κ3) is 5.95. The van der Waals surface area contributed by atoms with E-state index in [4.69, 9.17) is 5.73 Å². The molecule has 0 radical (unpaired) electrons. The Balaban J connectivity index is 0.00000576. The number of sulfonamides is 1. The zero-order chi connectivity index (χ0) is 18.5. The number of nitrogens with two attached hydrogens (primary N) is 1. The topological polar surface area (TPSA) is 83.7 Å². The maximum absolute atomic E-state index is 12.5. The highest BCUT2D eigenvalue weighted by Crippen LogP contribution is 2.19. The minimum atomic E-state index is -3.50. The van der Waals surface area contributed by atoms with Crippen LogP contribution in [-0.2, 0) is 10.0 Å². The number of rotatable bonds is 8. The van der Waals surface area contributed by atoms with E-state index in [1.54, 1.807) is 37.9 Å². The van der Waals surface area contributed by atoms with Crippen molar-refractivity contribution in [2.24, 2.45) is 11.1 Å². The summed E-state index contributed by atoms with van der Waals surface area (Å²) in [5.41, 5.74) is 6.00. The van der Waals surface area contributed by atoms with Crippen molar-refractivity contribution in [2.45, 2.75) is 32.6 Å². The molecule has 0 aliphatic carbocycles. The Morgan fingerprint density at radius 1 is 1.12 bits per heavy atom. The van der Waals surface area contributed by atoms with Gasteiger partial charge in [0.25, 0.3) is 5.91 Å². The Labute approximate surface area is 157 Å². The molecule has 0 unspecified atom stereocenters. The number of benzene rings is 1. The van der Waals surface area contributed by atoms with Crippen LogP contribution in [0.1, 0.15) is 38.1 Å². The van der Waals surface area contributed by atoms with Crippen LogP contribution in [0.5, 0.6) is 0 Å². The van der Waals surface area contributed by atoms with Crippen LogP contribution in [-0.4, -0.2) is 56.8 Å². The summed E-state index contributed by atoms with van der Waals surface area (Å²) in [6, 6.07) is 6.10. The van der Waals surface area contributed by atoms with Crippen molar-refractivity contribution in [1.29, 1.82) is 0 Å². The van der Waals surface area contributed by atoms with Crippen molar-refractivity contribution in [3.05, 3.63) is 29.8 Å². The molecule has 0 aromatic heterocycles. The zero-order valence-electron chi connectivity index (χ0n) is 15.7. The van der Waals surface area contributed by atoms with Gasteiger partial charge in [0.1, 0.15) is 0 Å². The van der Waals surface area contributed by atoms with Gasteiger partial charge in [-0.15, -0.1) is 12.4 Å². The van der Waals surface area contributed by atoms with E-state index in [0.717, 1.165) is 0 Å². The quantitative estimate of drug-likeness (QED) is 0.736. The number of amides is 1. The Morgan fingerprint density at radius 2 is 1.60 bits per heavy atom. The molecule has 6 nitrogen and oxygen atoms in total. The highest BCUT2D eigenvalue weighted by molar-refractivity contribution is 7.89. The first-order valence-electron chi connectivity index (χ1n) is 8.14. The predicted octanol–water partition coefficient (Wildman–Crippen LogP) is 2.20. The smallest absolute Gasteiger partial charge is 0.253 e. The summed E-state index contributed by atoms with van der Waals surface area (Å²) in [6.07, 6.45) is 0. The summed E-state index contributed by atoms with van der Waals surface area (Å²) < 4.78 is 26.3. The lowest BCUT2D eigenvalue weighted by Gasteiger charge is -2.29. The van der Waals surface area contributed by atoms with Gasteiger partial charge in [-0.3, -0.25) is 4.79 Å². The molecule has 1 aromatic rings. The van der Waals surface area contributed by atoms with Crippen molar-refractivity contribution in [2.75, 3.05) is 33.2 Å². The van der Waals surface area contributed by atoms with E-state index in [2.05, 4.69) is 0 Å². The third-order valence-electron chi connectivity index (χ3n) is 4.01. The Morgan fingerprint density at radius 3 is 2.00 bits per heavy atom. The number of nitrogens with zero attached hydrogens (tertiary/aromatic N) is 2. The molecule has 0 bridgehead atoms. The zero-order valence-corrected chi connectivity index (χ0v) is 17.3. The molecule has 0 aliphatic heterocycles. The second kappa shape index (κ2) is 9.52. The maximum Gasteiger partial charge on any atom is 0.253 e. The molecule has 144 valence electrons. The van der Waals surface area contributed by atoms with E-state index in [-0.39, 0.29) is 28.6 Å². The Bertz CT molecular complexity index is 656. The first-order valence-corrected chi connectivity index (χ1v) is 9.58. The summed E-state index contributed by atoms with van der Waals surface area (Å²) in [5, 5.41) is 0. The van der Waals surface area contributed by atoms with Gasteiger partial charge in [0.15, 0.2) is 0 Å². The molecule has 1 amide bonds. The predicted molar refractivity (Wildman–Crippen MR) is 104 cm³/mol. The second-order valence-electron chi connectivity index (χ2n) is 6.64. The van der Waals surface area contributed by atoms with Crippen molar-refractivity contribution in [3.8, 4) is 0 Å². The minimum absolute atomic E-state index is 0. The largest absolute Gasteiger partial charge is 0.341 e. The van der Waals surface area contributed by atoms with E-state index in [9.17, 15) is 13.2 Å². The van der Waals surface area contributed by atoms with E-state index >= 15 is 0 Å². The SMILES string of the molecule is CCN(CC)S(=O)(=O)c1ccc(C(=O)N(C)CC(C)(C)CN)cc1.Cl. The normalized spacial score (nSPS) is 12.0. The van der Waals surface area contributed by atoms with Gasteiger partial charge in [-0.25, -0.2) is 8.42 Å². The van der Waals surface area contributed by atoms with Crippen LogP contribution in [0.2, 0.25) is 0 Å². The van der Waals surface area contributed by atoms with E-state index < -0.39 is 10.0 Å². The van der Waals surface area contributed by atoms with E-state index in [1.807, 2.05) is 13.8 Å². The third-order valence-corrected chi connectivity index (χ3v) is 6.07. The van der Waals surface area contributed by atoms with Gasteiger partial charge in [-0.05, 0) is 36.2 Å². The standard InChI is InChI=1S/C17H29N3O3S.ClH/c1-6-20(7-2)24(22,23)15-10-8-14(9-11-15)16(21)19(5)13-17(3,4)12-18;/h8-11H,6-7,12-13,18H2,1-5H3;1H. The number of hydrogen-bond acceptors (Lipinski definition) is 4. The Kier molecular flexibility index (Phi) is 9.08. The van der Waals surface area contributed by atoms with E-state index in [0.29, 0.717) is 31.7 Å². The molecule has 1 rings (SSSR count). The van der Waals surface area contributed by atoms with Gasteiger partial charge < -0.3 is 10.6 Å². The fourth-order valence-electron chi connectivity index (χ4n) is 2.48. The van der Waals surface area contributed by atoms with Gasteiger partial charge >= 0.3 is 0 Å². The lowest BCUT2D eigenvalue weighted by molar-refractivity contribution is 0.0740. The maximum atomic E-state index is 12.5. The van der Waals surface area contributed by atoms with Crippen LogP contribution in [0.15, 0.2) is 29.2 Å². The van der Waals surface area contributed by atoms with Crippen LogP contribution >= 0.6 is 12.4 Å². The molecule has 8 heteroatoms. The van der Waals surface area contributed by atoms with Crippen LogP contribution in [0.4, 0.5) is 0 Å². The van der Waals surface area contributed by atoms with Crippen molar-refractivity contribution >= 4 is 28.3 Å². The molecular formula is C17H30ClN3O3S. The molecule has 1 aromatic carbocycles. The Hall–Kier alpha value is -1.15. The summed E-state index contributed by atoms with van der Waals surface area (Å²) in [7, 11) is -1.78. The van der Waals surface area contributed by atoms with Gasteiger partial charge in [0, 0.05) is 32.2 Å². The molecule has 0 atom stereocenters. The number of hydrogen-bond donors (Lipinski definition) is 1. The number of carbonyl (C=O) groups is 1. The lowest BCUT2D eigenvalue weighted by Crippen LogP contribution is -2.39. The van der Waals surface area contributed by atoms with Crippen LogP contribution < -0.4 is 5.73 Å². The first-order chi connectivity index (χ1) is 11.1. The number of halogens is 1. The molecule has 2 N–H and O–H groups in total. The molecule has 0 saturated carbocycles. The molecule has 25 heavy (non-hydrogen) atoms. The van der Waals surface area contributed by atoms with Crippen LogP contribution in [0.25, 0.3) is 0 Å². The summed E-state index contributed by atoms with van der Waals surface area (Å²) in [4.78, 5) is 14.3. The van der Waals surface area contributed by atoms with Crippen molar-refractivity contribution in [1.82, 2.24) is 9.21 Å². The summed E-state index contributed by atoms with van der Waals surface area (Å²) in [5.74, 6) is -0.150. The van der Waals surface area contributed by atoms with Gasteiger partial charge in [-0.2, -0.15) is 4.31 Å². The van der Waals surface area contributed by atoms with Crippen molar-refractivity contribution in [3.63, 3.8) is 0 Å². The minimum Gasteiger partial charge on any atom is -0.341 e. The lowest BCUT2D eigenvalue weighted by atomic mass is 9.93. The monoisotopic (exact) mass is 391 g/mol. The first kappa shape index (κ1) is 23.9. The second-order valence-corrected chi connectivity index (χ2v) is 8.58. The molecule has 0 heterocycles. The molecule has 0 saturated heterocycles. The van der Waals surface area contributed by atoms with E-state index in [1.165, 1.54) is 16.4 Å². The summed E-state index contributed by atoms with van der Waals surface area (Å²) >= 11 is 0. The fourth-order valence-corrected chi connectivity index (χ4v) is 3.94. The fraction of sp³-hybridized carbons (Fsp3) is 0.588. The molecule has 0 fully saturated rings. The molecule has 0 aliphatic rings. The average molecular weight is 392 g/mol. The van der Waals surface area contributed by atoms with Crippen molar-refractivity contribution < 1.29 is 13.2 Å². The number of carbonyl (C=O) groups excluding carboxylic acids is 1. The van der Waals surface area contributed by atoms with Crippen LogP contribution in [0, 0.1) is 5.41 Å². The van der Waals surface area contributed by atoms with Gasteiger partial charge in [-0.1, -0.05) is 27.7 Å². The summed E-state index contributed by atoms with van der Waals surface area (Å²) in [6.45, 7) is 9.42. The molecule has 0 spiro atoms. The average Bonchev–Trinajstić information content (AvgIpc) is 2.54. The van der Waals surface area contributed by atoms with Crippen LogP contribution in [0.3, 0.4) is 0 Å². The van der Waals surface area contributed by atoms with Gasteiger partial charge in [0.05, 0.1) is 4.90 Å². The van der Waals surface area contributed by atoms with Gasteiger partial charge in [0.2, 0.25) is 10.0 Å².